The summed E-state index contributed by atoms with van der Waals surface area (Å²) in [5, 5.41) is 9.03. The minimum absolute atomic E-state index is 0.443. The molecule has 184 valence electrons. The van der Waals surface area contributed by atoms with E-state index in [1.807, 2.05) is 18.3 Å². The van der Waals surface area contributed by atoms with Crippen molar-refractivity contribution in [1.82, 2.24) is 29.4 Å². The molecule has 0 N–H and O–H groups in total. The van der Waals surface area contributed by atoms with Crippen LogP contribution in [0.4, 0.5) is 5.95 Å². The first-order valence-electron chi connectivity index (χ1n) is 12.4. The normalized spacial score (nSPS) is 19.2. The number of likely N-dealkylation sites (N-methyl/N-ethyl adjacent to an activating group) is 1. The van der Waals surface area contributed by atoms with E-state index in [0.29, 0.717) is 12.1 Å². The van der Waals surface area contributed by atoms with Crippen LogP contribution < -0.4 is 9.64 Å². The van der Waals surface area contributed by atoms with Crippen molar-refractivity contribution in [1.29, 1.82) is 0 Å². The van der Waals surface area contributed by atoms with Gasteiger partial charge in [-0.1, -0.05) is 18.2 Å². The topological polar surface area (TPSA) is 62.0 Å². The third kappa shape index (κ3) is 4.81. The van der Waals surface area contributed by atoms with Gasteiger partial charge in [-0.3, -0.25) is 14.3 Å². The van der Waals surface area contributed by atoms with Gasteiger partial charge in [0, 0.05) is 31.7 Å². The van der Waals surface area contributed by atoms with E-state index < -0.39 is 0 Å². The van der Waals surface area contributed by atoms with Crippen LogP contribution in [0.15, 0.2) is 48.7 Å². The van der Waals surface area contributed by atoms with Crippen molar-refractivity contribution >= 4 is 22.6 Å². The number of nitrogens with zero attached hydrogens (tertiary/aromatic N) is 7. The summed E-state index contributed by atoms with van der Waals surface area (Å²) >= 11 is 0. The third-order valence-corrected chi connectivity index (χ3v) is 7.06. The molecule has 1 aliphatic heterocycles. The summed E-state index contributed by atoms with van der Waals surface area (Å²) in [5.74, 6) is 1.79. The number of benzene rings is 2. The molecule has 1 aliphatic rings. The van der Waals surface area contributed by atoms with Gasteiger partial charge in [0.1, 0.15) is 5.75 Å². The molecule has 8 nitrogen and oxygen atoms in total. The Hall–Kier alpha value is -3.23. The van der Waals surface area contributed by atoms with Crippen molar-refractivity contribution in [3.63, 3.8) is 0 Å². The summed E-state index contributed by atoms with van der Waals surface area (Å²) in [6.07, 6.45) is 2.82. The Morgan fingerprint density at radius 2 is 1.69 bits per heavy atom. The lowest BCUT2D eigenvalue weighted by atomic mass is 10.0. The Bertz CT molecular complexity index is 1290. The minimum atomic E-state index is 0.443. The van der Waals surface area contributed by atoms with Gasteiger partial charge in [-0.25, -0.2) is 0 Å². The average molecular weight is 474 g/mol. The largest absolute Gasteiger partial charge is 0.494 e. The first kappa shape index (κ1) is 23.5. The quantitative estimate of drug-likeness (QED) is 0.378. The van der Waals surface area contributed by atoms with Crippen molar-refractivity contribution in [3.05, 3.63) is 48.7 Å². The van der Waals surface area contributed by atoms with Gasteiger partial charge >= 0.3 is 0 Å². The molecule has 0 amide bonds. The number of rotatable bonds is 7. The highest BCUT2D eigenvalue weighted by molar-refractivity contribution is 5.84. The van der Waals surface area contributed by atoms with Crippen molar-refractivity contribution in [2.75, 3.05) is 52.3 Å². The molecular weight excluding hydrogens is 438 g/mol. The molecule has 2 aromatic heterocycles. The number of hydrogen-bond donors (Lipinski definition) is 0. The predicted octanol–water partition coefficient (Wildman–Crippen LogP) is 3.80. The zero-order chi connectivity index (χ0) is 24.5. The summed E-state index contributed by atoms with van der Waals surface area (Å²) < 4.78 is 8.06. The van der Waals surface area contributed by atoms with E-state index in [2.05, 4.69) is 99.6 Å². The second-order valence-corrected chi connectivity index (χ2v) is 9.95. The monoisotopic (exact) mass is 473 g/mol. The third-order valence-electron chi connectivity index (χ3n) is 7.06. The van der Waals surface area contributed by atoms with Crippen molar-refractivity contribution in [2.24, 2.45) is 0 Å². The molecular formula is C27H35N7O. The van der Waals surface area contributed by atoms with Crippen molar-refractivity contribution < 1.29 is 4.74 Å². The molecule has 1 saturated heterocycles. The minimum Gasteiger partial charge on any atom is -0.494 e. The molecule has 35 heavy (non-hydrogen) atoms. The lowest BCUT2D eigenvalue weighted by molar-refractivity contribution is 0.169. The Morgan fingerprint density at radius 3 is 2.40 bits per heavy atom. The fraction of sp³-hybridized carbons (Fsp3) is 0.444. The van der Waals surface area contributed by atoms with Gasteiger partial charge in [0.25, 0.3) is 0 Å². The standard InChI is InChI=1S/C27H35N7O/c1-19-17-33(18-20(2)32(19)5)27-30-29-26-16-28-24-12-9-22(15-25(24)34(26)27)21-7-10-23(11-8-21)35-14-6-13-31(3)4/h7-12,15-16,19-20H,6,13-14,17-18H2,1-5H3/t19-,20?/m0/s1. The molecule has 2 aromatic carbocycles. The second kappa shape index (κ2) is 9.79. The van der Waals surface area contributed by atoms with Gasteiger partial charge < -0.3 is 14.5 Å². The van der Waals surface area contributed by atoms with Crippen molar-refractivity contribution in [3.8, 4) is 16.9 Å². The van der Waals surface area contributed by atoms with E-state index >= 15 is 0 Å². The molecule has 0 bridgehead atoms. The number of fused-ring (bicyclic) bond motifs is 3. The lowest BCUT2D eigenvalue weighted by Crippen LogP contribution is -2.55. The van der Waals surface area contributed by atoms with Gasteiger partial charge in [0.05, 0.1) is 23.8 Å². The SMILES string of the molecule is CC1CN(c2nnc3cnc4ccc(-c5ccc(OCCCN(C)C)cc5)cc4n23)C[C@H](C)N1C. The van der Waals surface area contributed by atoms with Gasteiger partial charge in [-0.05, 0) is 76.8 Å². The summed E-state index contributed by atoms with van der Waals surface area (Å²) in [6, 6.07) is 15.6. The van der Waals surface area contributed by atoms with Crippen LogP contribution in [0.1, 0.15) is 20.3 Å². The van der Waals surface area contributed by atoms with Crippen LogP contribution >= 0.6 is 0 Å². The summed E-state index contributed by atoms with van der Waals surface area (Å²) in [4.78, 5) is 11.6. The van der Waals surface area contributed by atoms with Crippen LogP contribution in [-0.2, 0) is 0 Å². The molecule has 4 aromatic rings. The van der Waals surface area contributed by atoms with Crippen molar-refractivity contribution in [2.45, 2.75) is 32.4 Å². The Kier molecular flexibility index (Phi) is 6.58. The molecule has 1 unspecified atom stereocenters. The van der Waals surface area contributed by atoms with Gasteiger partial charge in [-0.2, -0.15) is 0 Å². The Labute approximate surface area is 207 Å². The molecule has 1 fully saturated rings. The smallest absolute Gasteiger partial charge is 0.232 e. The summed E-state index contributed by atoms with van der Waals surface area (Å²) in [6.45, 7) is 8.10. The number of ether oxygens (including phenoxy) is 1. The van der Waals surface area contributed by atoms with Crippen LogP contribution in [0.3, 0.4) is 0 Å². The highest BCUT2D eigenvalue weighted by Crippen LogP contribution is 2.29. The average Bonchev–Trinajstić information content (AvgIpc) is 3.30. The Morgan fingerprint density at radius 1 is 0.971 bits per heavy atom. The second-order valence-electron chi connectivity index (χ2n) is 9.95. The molecule has 0 aliphatic carbocycles. The zero-order valence-electron chi connectivity index (χ0n) is 21.3. The molecule has 0 radical (unpaired) electrons. The van der Waals surface area contributed by atoms with E-state index in [9.17, 15) is 0 Å². The molecule has 0 spiro atoms. The summed E-state index contributed by atoms with van der Waals surface area (Å²) in [5.41, 5.74) is 4.98. The lowest BCUT2D eigenvalue weighted by Gasteiger charge is -2.42. The van der Waals surface area contributed by atoms with Gasteiger partial charge in [0.15, 0.2) is 5.65 Å². The predicted molar refractivity (Wildman–Crippen MR) is 141 cm³/mol. The molecule has 5 rings (SSSR count). The van der Waals surface area contributed by atoms with Crippen LogP contribution in [0.2, 0.25) is 0 Å². The summed E-state index contributed by atoms with van der Waals surface area (Å²) in [7, 11) is 6.35. The molecule has 8 heteroatoms. The maximum absolute atomic E-state index is 5.91. The van der Waals surface area contributed by atoms with E-state index in [1.165, 1.54) is 0 Å². The van der Waals surface area contributed by atoms with E-state index in [0.717, 1.165) is 72.2 Å². The number of hydrogen-bond acceptors (Lipinski definition) is 7. The number of aromatic nitrogens is 4. The molecule has 3 heterocycles. The van der Waals surface area contributed by atoms with E-state index in [-0.39, 0.29) is 0 Å². The maximum atomic E-state index is 5.91. The zero-order valence-corrected chi connectivity index (χ0v) is 21.3. The number of piperazine rings is 1. The van der Waals surface area contributed by atoms with E-state index in [1.54, 1.807) is 0 Å². The molecule has 2 atom stereocenters. The first-order chi connectivity index (χ1) is 16.9. The van der Waals surface area contributed by atoms with Crippen LogP contribution in [0, 0.1) is 0 Å². The van der Waals surface area contributed by atoms with Gasteiger partial charge in [0.2, 0.25) is 5.95 Å². The number of anilines is 1. The van der Waals surface area contributed by atoms with Crippen LogP contribution in [0.5, 0.6) is 5.75 Å². The van der Waals surface area contributed by atoms with Crippen LogP contribution in [-0.4, -0.2) is 88.8 Å². The molecule has 0 saturated carbocycles. The fourth-order valence-electron chi connectivity index (χ4n) is 4.81. The maximum Gasteiger partial charge on any atom is 0.232 e. The fourth-order valence-corrected chi connectivity index (χ4v) is 4.81. The van der Waals surface area contributed by atoms with Gasteiger partial charge in [-0.15, -0.1) is 10.2 Å². The highest BCUT2D eigenvalue weighted by Gasteiger charge is 2.29. The first-order valence-corrected chi connectivity index (χ1v) is 12.4. The Balaban J connectivity index is 1.44. The van der Waals surface area contributed by atoms with E-state index in [4.69, 9.17) is 4.74 Å². The van der Waals surface area contributed by atoms with Crippen LogP contribution in [0.25, 0.3) is 27.8 Å². The highest BCUT2D eigenvalue weighted by atomic mass is 16.5.